The predicted molar refractivity (Wildman–Crippen MR) is 64.5 cm³/mol. The maximum absolute atomic E-state index is 12.2. The number of likely N-dealkylation sites (N-methyl/N-ethyl adjacent to an activating group) is 1. The van der Waals surface area contributed by atoms with Gasteiger partial charge in [-0.3, -0.25) is 0 Å². The Morgan fingerprint density at radius 1 is 0.750 bits per heavy atom. The van der Waals surface area contributed by atoms with E-state index in [4.69, 9.17) is 0 Å². The van der Waals surface area contributed by atoms with Crippen molar-refractivity contribution in [2.24, 2.45) is 0 Å². The molecule has 0 aromatic rings. The standard InChI is InChI=1S/C12H23N3O/c1-13-8-10-15(11-9-13)12(16)14-6-4-2-3-5-7-14/h2-11H2,1H3. The van der Waals surface area contributed by atoms with Gasteiger partial charge in [0.25, 0.3) is 0 Å². The fraction of sp³-hybridized carbons (Fsp3) is 0.917. The van der Waals surface area contributed by atoms with Gasteiger partial charge in [-0.2, -0.15) is 0 Å². The summed E-state index contributed by atoms with van der Waals surface area (Å²) in [5, 5.41) is 0. The van der Waals surface area contributed by atoms with Crippen molar-refractivity contribution in [3.05, 3.63) is 0 Å². The molecule has 16 heavy (non-hydrogen) atoms. The third-order valence-electron chi connectivity index (χ3n) is 3.65. The second-order valence-corrected chi connectivity index (χ2v) is 4.97. The first-order chi connectivity index (χ1) is 7.77. The van der Waals surface area contributed by atoms with E-state index in [1.165, 1.54) is 25.7 Å². The van der Waals surface area contributed by atoms with Crippen LogP contribution < -0.4 is 0 Å². The van der Waals surface area contributed by atoms with E-state index in [9.17, 15) is 4.79 Å². The van der Waals surface area contributed by atoms with Crippen LogP contribution in [0.1, 0.15) is 25.7 Å². The molecule has 4 nitrogen and oxygen atoms in total. The third kappa shape index (κ3) is 2.88. The zero-order chi connectivity index (χ0) is 11.4. The maximum atomic E-state index is 12.2. The van der Waals surface area contributed by atoms with Crippen LogP contribution in [0.25, 0.3) is 0 Å². The smallest absolute Gasteiger partial charge is 0.320 e. The highest BCUT2D eigenvalue weighted by Crippen LogP contribution is 2.12. The summed E-state index contributed by atoms with van der Waals surface area (Å²) in [6, 6.07) is 0.273. The molecule has 0 aliphatic carbocycles. The molecular weight excluding hydrogens is 202 g/mol. The monoisotopic (exact) mass is 225 g/mol. The molecule has 2 heterocycles. The fourth-order valence-electron chi connectivity index (χ4n) is 2.46. The van der Waals surface area contributed by atoms with E-state index < -0.39 is 0 Å². The van der Waals surface area contributed by atoms with E-state index in [1.54, 1.807) is 0 Å². The lowest BCUT2D eigenvalue weighted by molar-refractivity contribution is 0.123. The Bertz CT molecular complexity index is 228. The zero-order valence-electron chi connectivity index (χ0n) is 10.3. The van der Waals surface area contributed by atoms with Gasteiger partial charge in [-0.05, 0) is 19.9 Å². The van der Waals surface area contributed by atoms with Crippen LogP contribution >= 0.6 is 0 Å². The summed E-state index contributed by atoms with van der Waals surface area (Å²) in [6.45, 7) is 5.74. The molecule has 2 amide bonds. The van der Waals surface area contributed by atoms with Gasteiger partial charge >= 0.3 is 6.03 Å². The van der Waals surface area contributed by atoms with E-state index in [1.807, 2.05) is 4.90 Å². The average molecular weight is 225 g/mol. The van der Waals surface area contributed by atoms with Gasteiger partial charge in [0.15, 0.2) is 0 Å². The number of nitrogens with zero attached hydrogens (tertiary/aromatic N) is 3. The number of amides is 2. The molecule has 0 radical (unpaired) electrons. The van der Waals surface area contributed by atoms with Crippen molar-refractivity contribution < 1.29 is 4.79 Å². The Kier molecular flexibility index (Phi) is 4.04. The van der Waals surface area contributed by atoms with Crippen molar-refractivity contribution in [3.63, 3.8) is 0 Å². The molecule has 0 atom stereocenters. The molecule has 0 bridgehead atoms. The number of hydrogen-bond donors (Lipinski definition) is 0. The van der Waals surface area contributed by atoms with E-state index in [0.29, 0.717) is 0 Å². The number of rotatable bonds is 0. The van der Waals surface area contributed by atoms with Crippen LogP contribution in [0, 0.1) is 0 Å². The Morgan fingerprint density at radius 2 is 1.25 bits per heavy atom. The normalized spacial score (nSPS) is 24.3. The van der Waals surface area contributed by atoms with Crippen LogP contribution in [0.5, 0.6) is 0 Å². The lowest BCUT2D eigenvalue weighted by Gasteiger charge is -2.35. The molecule has 0 saturated carbocycles. The lowest BCUT2D eigenvalue weighted by atomic mass is 10.2. The van der Waals surface area contributed by atoms with E-state index >= 15 is 0 Å². The van der Waals surface area contributed by atoms with Crippen molar-refractivity contribution in [2.75, 3.05) is 46.3 Å². The van der Waals surface area contributed by atoms with Gasteiger partial charge in [0.2, 0.25) is 0 Å². The van der Waals surface area contributed by atoms with Crippen molar-refractivity contribution in [3.8, 4) is 0 Å². The summed E-state index contributed by atoms with van der Waals surface area (Å²) in [7, 11) is 2.12. The van der Waals surface area contributed by atoms with E-state index in [0.717, 1.165) is 39.3 Å². The van der Waals surface area contributed by atoms with Gasteiger partial charge in [-0.1, -0.05) is 12.8 Å². The second-order valence-electron chi connectivity index (χ2n) is 4.97. The predicted octanol–water partition coefficient (Wildman–Crippen LogP) is 1.23. The van der Waals surface area contributed by atoms with Crippen LogP contribution in [-0.4, -0.2) is 67.0 Å². The van der Waals surface area contributed by atoms with Gasteiger partial charge in [-0.15, -0.1) is 0 Å². The molecular formula is C12H23N3O. The van der Waals surface area contributed by atoms with Crippen LogP contribution in [0.3, 0.4) is 0 Å². The summed E-state index contributed by atoms with van der Waals surface area (Å²) in [4.78, 5) is 18.6. The average Bonchev–Trinajstić information content (AvgIpc) is 2.57. The van der Waals surface area contributed by atoms with Gasteiger partial charge in [0.05, 0.1) is 0 Å². The van der Waals surface area contributed by atoms with Gasteiger partial charge in [0.1, 0.15) is 0 Å². The van der Waals surface area contributed by atoms with Gasteiger partial charge in [0, 0.05) is 39.3 Å². The molecule has 0 aromatic carbocycles. The molecule has 2 aliphatic heterocycles. The number of carbonyl (C=O) groups is 1. The molecule has 92 valence electrons. The van der Waals surface area contributed by atoms with Gasteiger partial charge in [-0.25, -0.2) is 4.79 Å². The number of piperazine rings is 1. The van der Waals surface area contributed by atoms with E-state index in [-0.39, 0.29) is 6.03 Å². The minimum atomic E-state index is 0.273. The van der Waals surface area contributed by atoms with Crippen molar-refractivity contribution in [1.29, 1.82) is 0 Å². The van der Waals surface area contributed by atoms with Crippen LogP contribution in [0.15, 0.2) is 0 Å². The van der Waals surface area contributed by atoms with E-state index in [2.05, 4.69) is 16.8 Å². The molecule has 2 rings (SSSR count). The lowest BCUT2D eigenvalue weighted by Crippen LogP contribution is -2.52. The Morgan fingerprint density at radius 3 is 1.81 bits per heavy atom. The van der Waals surface area contributed by atoms with Crippen LogP contribution in [0.4, 0.5) is 4.79 Å². The van der Waals surface area contributed by atoms with Crippen LogP contribution in [-0.2, 0) is 0 Å². The number of urea groups is 1. The molecule has 0 unspecified atom stereocenters. The highest BCUT2D eigenvalue weighted by Gasteiger charge is 2.24. The number of carbonyl (C=O) groups excluding carboxylic acids is 1. The Balaban J connectivity index is 1.85. The molecule has 0 N–H and O–H groups in total. The maximum Gasteiger partial charge on any atom is 0.320 e. The molecule has 2 fully saturated rings. The second kappa shape index (κ2) is 5.53. The summed E-state index contributed by atoms with van der Waals surface area (Å²) in [6.07, 6.45) is 4.93. The molecule has 2 saturated heterocycles. The first-order valence-corrected chi connectivity index (χ1v) is 6.50. The van der Waals surface area contributed by atoms with Crippen molar-refractivity contribution >= 4 is 6.03 Å². The molecule has 0 spiro atoms. The molecule has 0 aromatic heterocycles. The van der Waals surface area contributed by atoms with Crippen molar-refractivity contribution in [1.82, 2.24) is 14.7 Å². The third-order valence-corrected chi connectivity index (χ3v) is 3.65. The summed E-state index contributed by atoms with van der Waals surface area (Å²) >= 11 is 0. The Labute approximate surface area is 98.2 Å². The highest BCUT2D eigenvalue weighted by atomic mass is 16.2. The quantitative estimate of drug-likeness (QED) is 0.620. The summed E-state index contributed by atoms with van der Waals surface area (Å²) in [5.41, 5.74) is 0. The SMILES string of the molecule is CN1CCN(C(=O)N2CCCCCC2)CC1. The molecule has 4 heteroatoms. The minimum Gasteiger partial charge on any atom is -0.325 e. The van der Waals surface area contributed by atoms with Crippen LogP contribution in [0.2, 0.25) is 0 Å². The largest absolute Gasteiger partial charge is 0.325 e. The zero-order valence-corrected chi connectivity index (χ0v) is 10.3. The first kappa shape index (κ1) is 11.7. The minimum absolute atomic E-state index is 0.273. The molecule has 2 aliphatic rings. The summed E-state index contributed by atoms with van der Waals surface area (Å²) in [5.74, 6) is 0. The first-order valence-electron chi connectivity index (χ1n) is 6.50. The summed E-state index contributed by atoms with van der Waals surface area (Å²) < 4.78 is 0. The number of likely N-dealkylation sites (tertiary alicyclic amines) is 1. The van der Waals surface area contributed by atoms with Crippen molar-refractivity contribution in [2.45, 2.75) is 25.7 Å². The fourth-order valence-corrected chi connectivity index (χ4v) is 2.46. The Hall–Kier alpha value is -0.770. The number of hydrogen-bond acceptors (Lipinski definition) is 2. The van der Waals surface area contributed by atoms with Gasteiger partial charge < -0.3 is 14.7 Å². The topological polar surface area (TPSA) is 26.8 Å². The highest BCUT2D eigenvalue weighted by molar-refractivity contribution is 5.74.